The van der Waals surface area contributed by atoms with E-state index in [9.17, 15) is 18.4 Å². The van der Waals surface area contributed by atoms with Crippen molar-refractivity contribution >= 4 is 5.69 Å². The Kier molecular flexibility index (Phi) is 7.75. The topological polar surface area (TPSA) is 36.3 Å². The lowest BCUT2D eigenvalue weighted by Crippen LogP contribution is -2.16. The molecule has 0 fully saturated rings. The summed E-state index contributed by atoms with van der Waals surface area (Å²) < 4.78 is 40.7. The standard InChI is InChI=1S/C19H15F3N2O.C2H6/c1-4-9-24(3)18-11-14(12-23)10-17(13(18)2)15-5-7-16(8-6-15)25-19(20,21)22;1-2/h5-8,10-11H,1-3H3;1-2H3. The third-order valence-electron chi connectivity index (χ3n) is 3.55. The quantitative estimate of drug-likeness (QED) is 0.497. The van der Waals surface area contributed by atoms with Crippen LogP contribution in [-0.4, -0.2) is 13.4 Å². The van der Waals surface area contributed by atoms with Crippen molar-refractivity contribution in [3.05, 3.63) is 47.5 Å². The summed E-state index contributed by atoms with van der Waals surface area (Å²) in [7, 11) is 1.78. The predicted octanol–water partition coefficient (Wildman–Crippen LogP) is 5.88. The molecule has 0 aliphatic carbocycles. The predicted molar refractivity (Wildman–Crippen MR) is 101 cm³/mol. The van der Waals surface area contributed by atoms with Crippen LogP contribution in [0.5, 0.6) is 5.75 Å². The normalized spacial score (nSPS) is 9.89. The highest BCUT2D eigenvalue weighted by molar-refractivity contribution is 5.77. The van der Waals surface area contributed by atoms with Gasteiger partial charge < -0.3 is 9.64 Å². The van der Waals surface area contributed by atoms with E-state index in [1.165, 1.54) is 24.3 Å². The highest BCUT2D eigenvalue weighted by Crippen LogP contribution is 2.33. The zero-order chi connectivity index (χ0) is 20.6. The molecule has 0 unspecified atom stereocenters. The number of anilines is 1. The van der Waals surface area contributed by atoms with Crippen LogP contribution >= 0.6 is 0 Å². The molecule has 0 amide bonds. The summed E-state index contributed by atoms with van der Waals surface area (Å²) in [5.41, 5.74) is 3.50. The van der Waals surface area contributed by atoms with Gasteiger partial charge in [-0.15, -0.1) is 13.2 Å². The first-order valence-corrected chi connectivity index (χ1v) is 8.32. The Hall–Kier alpha value is -3.12. The van der Waals surface area contributed by atoms with Crippen molar-refractivity contribution in [2.24, 2.45) is 0 Å². The lowest BCUT2D eigenvalue weighted by molar-refractivity contribution is -0.274. The van der Waals surface area contributed by atoms with Gasteiger partial charge in [0.2, 0.25) is 0 Å². The third-order valence-corrected chi connectivity index (χ3v) is 3.55. The van der Waals surface area contributed by atoms with Gasteiger partial charge in [0.1, 0.15) is 5.75 Å². The molecule has 0 bridgehead atoms. The molecule has 2 rings (SSSR count). The molecule has 0 aliphatic rings. The fourth-order valence-corrected chi connectivity index (χ4v) is 2.48. The van der Waals surface area contributed by atoms with Crippen LogP contribution in [0.2, 0.25) is 0 Å². The minimum Gasteiger partial charge on any atom is -0.406 e. The first kappa shape index (κ1) is 21.9. The monoisotopic (exact) mass is 374 g/mol. The third kappa shape index (κ3) is 5.97. The number of alkyl halides is 3. The van der Waals surface area contributed by atoms with E-state index in [0.717, 1.165) is 16.8 Å². The smallest absolute Gasteiger partial charge is 0.406 e. The zero-order valence-corrected chi connectivity index (χ0v) is 15.9. The summed E-state index contributed by atoms with van der Waals surface area (Å²) in [6.07, 6.45) is -4.73. The molecule has 2 aromatic rings. The van der Waals surface area contributed by atoms with Crippen LogP contribution in [0.3, 0.4) is 0 Å². The number of nitriles is 1. The van der Waals surface area contributed by atoms with Gasteiger partial charge in [-0.25, -0.2) is 0 Å². The molecule has 0 radical (unpaired) electrons. The van der Waals surface area contributed by atoms with Gasteiger partial charge in [0.15, 0.2) is 0 Å². The first-order chi connectivity index (χ1) is 12.7. The fourth-order valence-electron chi connectivity index (χ4n) is 2.48. The van der Waals surface area contributed by atoms with Crippen LogP contribution in [0.15, 0.2) is 36.4 Å². The maximum atomic E-state index is 12.3. The van der Waals surface area contributed by atoms with E-state index in [2.05, 4.69) is 22.8 Å². The van der Waals surface area contributed by atoms with Crippen molar-refractivity contribution in [1.29, 1.82) is 5.26 Å². The van der Waals surface area contributed by atoms with Gasteiger partial charge in [0.05, 0.1) is 17.3 Å². The van der Waals surface area contributed by atoms with E-state index in [1.54, 1.807) is 31.0 Å². The van der Waals surface area contributed by atoms with Crippen LogP contribution in [0.1, 0.15) is 31.9 Å². The number of benzene rings is 2. The molecule has 0 N–H and O–H groups in total. The molecule has 0 saturated carbocycles. The lowest BCUT2D eigenvalue weighted by Gasteiger charge is -2.18. The molecule has 142 valence electrons. The van der Waals surface area contributed by atoms with Crippen LogP contribution in [0.4, 0.5) is 18.9 Å². The molecule has 2 aromatic carbocycles. The summed E-state index contributed by atoms with van der Waals surface area (Å²) in [6.45, 7) is 7.58. The second kappa shape index (κ2) is 9.54. The van der Waals surface area contributed by atoms with Crippen LogP contribution in [0, 0.1) is 30.2 Å². The Morgan fingerprint density at radius 1 is 1.07 bits per heavy atom. The summed E-state index contributed by atoms with van der Waals surface area (Å²) in [6, 6.07) is 14.0. The SMILES string of the molecule is CC.CC#CN(C)c1cc(C#N)cc(-c2ccc(OC(F)(F)F)cc2)c1C. The van der Waals surface area contributed by atoms with Gasteiger partial charge in [-0.3, -0.25) is 0 Å². The van der Waals surface area contributed by atoms with Crippen molar-refractivity contribution in [3.63, 3.8) is 0 Å². The maximum Gasteiger partial charge on any atom is 0.573 e. The Balaban J connectivity index is 0.00000176. The van der Waals surface area contributed by atoms with E-state index in [0.29, 0.717) is 11.1 Å². The Labute approximate surface area is 158 Å². The van der Waals surface area contributed by atoms with E-state index >= 15 is 0 Å². The van der Waals surface area contributed by atoms with Gasteiger partial charge in [-0.1, -0.05) is 31.9 Å². The number of rotatable bonds is 3. The average molecular weight is 374 g/mol. The molecule has 0 saturated heterocycles. The van der Waals surface area contributed by atoms with Gasteiger partial charge >= 0.3 is 6.36 Å². The number of ether oxygens (including phenoxy) is 1. The van der Waals surface area contributed by atoms with Gasteiger partial charge in [-0.2, -0.15) is 5.26 Å². The van der Waals surface area contributed by atoms with Crippen molar-refractivity contribution in [1.82, 2.24) is 0 Å². The maximum absolute atomic E-state index is 12.3. The Morgan fingerprint density at radius 2 is 1.67 bits per heavy atom. The Bertz CT molecular complexity index is 870. The van der Waals surface area contributed by atoms with Crippen molar-refractivity contribution in [2.45, 2.75) is 34.1 Å². The zero-order valence-electron chi connectivity index (χ0n) is 15.9. The summed E-state index contributed by atoms with van der Waals surface area (Å²) in [5, 5.41) is 9.26. The van der Waals surface area contributed by atoms with Crippen molar-refractivity contribution < 1.29 is 17.9 Å². The van der Waals surface area contributed by atoms with Crippen molar-refractivity contribution in [2.75, 3.05) is 11.9 Å². The molecule has 0 heterocycles. The second-order valence-electron chi connectivity index (χ2n) is 5.27. The number of nitrogens with zero attached hydrogens (tertiary/aromatic N) is 2. The van der Waals surface area contributed by atoms with E-state index in [1.807, 2.05) is 20.8 Å². The molecule has 0 spiro atoms. The highest BCUT2D eigenvalue weighted by atomic mass is 19.4. The number of hydrogen-bond donors (Lipinski definition) is 0. The Morgan fingerprint density at radius 3 is 2.15 bits per heavy atom. The minimum atomic E-state index is -4.73. The van der Waals surface area contributed by atoms with E-state index in [-0.39, 0.29) is 5.75 Å². The van der Waals surface area contributed by atoms with Gasteiger partial charge in [0, 0.05) is 13.1 Å². The van der Waals surface area contributed by atoms with Crippen LogP contribution in [-0.2, 0) is 0 Å². The van der Waals surface area contributed by atoms with E-state index < -0.39 is 6.36 Å². The molecule has 0 aliphatic heterocycles. The van der Waals surface area contributed by atoms with Crippen LogP contribution in [0.25, 0.3) is 11.1 Å². The molecule has 27 heavy (non-hydrogen) atoms. The first-order valence-electron chi connectivity index (χ1n) is 8.32. The fraction of sp³-hybridized carbons (Fsp3) is 0.286. The summed E-state index contributed by atoms with van der Waals surface area (Å²) >= 11 is 0. The molecule has 6 heteroatoms. The minimum absolute atomic E-state index is 0.292. The molecule has 0 aromatic heterocycles. The molecule has 3 nitrogen and oxygen atoms in total. The highest BCUT2D eigenvalue weighted by Gasteiger charge is 2.31. The molecular weight excluding hydrogens is 353 g/mol. The summed E-state index contributed by atoms with van der Waals surface area (Å²) in [4.78, 5) is 1.71. The number of hydrogen-bond acceptors (Lipinski definition) is 3. The lowest BCUT2D eigenvalue weighted by atomic mass is 9.96. The van der Waals surface area contributed by atoms with Crippen LogP contribution < -0.4 is 9.64 Å². The number of halogens is 3. The van der Waals surface area contributed by atoms with E-state index in [4.69, 9.17) is 0 Å². The van der Waals surface area contributed by atoms with Gasteiger partial charge in [-0.05, 0) is 54.8 Å². The van der Waals surface area contributed by atoms with Gasteiger partial charge in [0.25, 0.3) is 0 Å². The average Bonchev–Trinajstić information content (AvgIpc) is 2.63. The largest absolute Gasteiger partial charge is 0.573 e. The molecule has 0 atom stereocenters. The summed E-state index contributed by atoms with van der Waals surface area (Å²) in [5.74, 6) is 2.50. The van der Waals surface area contributed by atoms with Crippen molar-refractivity contribution in [3.8, 4) is 34.9 Å². The second-order valence-corrected chi connectivity index (χ2v) is 5.27. The molecular formula is C21H21F3N2O.